The van der Waals surface area contributed by atoms with E-state index in [1.54, 1.807) is 0 Å². The van der Waals surface area contributed by atoms with Crippen molar-refractivity contribution in [3.8, 4) is 0 Å². The number of amides is 2. The van der Waals surface area contributed by atoms with Crippen LogP contribution in [0.2, 0.25) is 0 Å². The molecule has 2 rings (SSSR count). The largest absolute Gasteiger partial charge is 0.326 e. The van der Waals surface area contributed by atoms with Crippen LogP contribution in [0.1, 0.15) is 32.1 Å². The maximum absolute atomic E-state index is 12.1. The minimum absolute atomic E-state index is 0.226. The lowest BCUT2D eigenvalue weighted by Gasteiger charge is -2.31. The molecule has 2 fully saturated rings. The van der Waals surface area contributed by atoms with E-state index < -0.39 is 0 Å². The summed E-state index contributed by atoms with van der Waals surface area (Å²) >= 11 is 0. The van der Waals surface area contributed by atoms with Gasteiger partial charge in [-0.1, -0.05) is 0 Å². The molecule has 2 heterocycles. The molecule has 0 radical (unpaired) electrons. The summed E-state index contributed by atoms with van der Waals surface area (Å²) < 4.78 is 0. The first-order valence-electron chi connectivity index (χ1n) is 7.00. The number of carbonyl (C=O) groups excluding carboxylic acids is 1. The number of rotatable bonds is 3. The molecule has 2 aliphatic rings. The Morgan fingerprint density at radius 1 is 1.00 bits per heavy atom. The summed E-state index contributed by atoms with van der Waals surface area (Å²) in [5.41, 5.74) is 0. The van der Waals surface area contributed by atoms with Crippen LogP contribution in [0, 0.1) is 0 Å². The number of carbonyl (C=O) groups is 1. The summed E-state index contributed by atoms with van der Waals surface area (Å²) in [6, 6.07) is 0.226. The van der Waals surface area contributed by atoms with Gasteiger partial charge in [-0.2, -0.15) is 0 Å². The number of hydrogen-bond acceptors (Lipinski definition) is 2. The second-order valence-corrected chi connectivity index (χ2v) is 5.30. The van der Waals surface area contributed by atoms with Crippen LogP contribution in [-0.4, -0.2) is 67.0 Å². The van der Waals surface area contributed by atoms with Crippen LogP contribution < -0.4 is 0 Å². The molecule has 17 heavy (non-hydrogen) atoms. The van der Waals surface area contributed by atoms with Crippen molar-refractivity contribution in [2.75, 3.05) is 46.3 Å². The van der Waals surface area contributed by atoms with Gasteiger partial charge in [-0.3, -0.25) is 0 Å². The molecule has 0 unspecified atom stereocenters. The molecule has 0 saturated carbocycles. The van der Waals surface area contributed by atoms with Crippen LogP contribution in [0.15, 0.2) is 0 Å². The van der Waals surface area contributed by atoms with E-state index in [2.05, 4.69) is 4.90 Å². The summed E-state index contributed by atoms with van der Waals surface area (Å²) in [4.78, 5) is 18.5. The van der Waals surface area contributed by atoms with Crippen LogP contribution >= 0.6 is 0 Å². The molecule has 4 heteroatoms. The van der Waals surface area contributed by atoms with Gasteiger partial charge in [0, 0.05) is 33.2 Å². The van der Waals surface area contributed by atoms with E-state index in [1.807, 2.05) is 16.8 Å². The Labute approximate surface area is 105 Å². The molecule has 0 aromatic heterocycles. The van der Waals surface area contributed by atoms with E-state index in [0.29, 0.717) is 0 Å². The van der Waals surface area contributed by atoms with E-state index in [-0.39, 0.29) is 6.03 Å². The normalized spacial score (nSPS) is 21.8. The summed E-state index contributed by atoms with van der Waals surface area (Å²) in [7, 11) is 1.94. The lowest BCUT2D eigenvalue weighted by Crippen LogP contribution is -2.45. The molecule has 0 N–H and O–H groups in total. The molecule has 2 aliphatic heterocycles. The summed E-state index contributed by atoms with van der Waals surface area (Å²) in [5.74, 6) is 0. The average Bonchev–Trinajstić information content (AvgIpc) is 2.89. The number of piperidine rings is 1. The van der Waals surface area contributed by atoms with E-state index in [4.69, 9.17) is 0 Å². The Kier molecular flexibility index (Phi) is 4.66. The minimum Gasteiger partial charge on any atom is -0.326 e. The first kappa shape index (κ1) is 12.7. The Bertz CT molecular complexity index is 245. The van der Waals surface area contributed by atoms with Crippen molar-refractivity contribution >= 4 is 6.03 Å². The zero-order valence-electron chi connectivity index (χ0n) is 11.0. The van der Waals surface area contributed by atoms with Crippen LogP contribution in [0.5, 0.6) is 0 Å². The number of hydrogen-bond donors (Lipinski definition) is 0. The highest BCUT2D eigenvalue weighted by Crippen LogP contribution is 2.11. The van der Waals surface area contributed by atoms with E-state index in [1.165, 1.54) is 45.2 Å². The van der Waals surface area contributed by atoms with Gasteiger partial charge in [0.25, 0.3) is 0 Å². The maximum Gasteiger partial charge on any atom is 0.319 e. The SMILES string of the molecule is CN(CCN1CCCC1)C(=O)N1CCCCC1. The van der Waals surface area contributed by atoms with E-state index in [0.717, 1.165) is 26.2 Å². The predicted octanol–water partition coefficient (Wildman–Crippen LogP) is 1.62. The Morgan fingerprint density at radius 2 is 1.59 bits per heavy atom. The van der Waals surface area contributed by atoms with Crippen molar-refractivity contribution in [3.63, 3.8) is 0 Å². The predicted molar refractivity (Wildman–Crippen MR) is 69.1 cm³/mol. The second-order valence-electron chi connectivity index (χ2n) is 5.30. The van der Waals surface area contributed by atoms with E-state index in [9.17, 15) is 4.79 Å². The molecular weight excluding hydrogens is 214 g/mol. The highest BCUT2D eigenvalue weighted by molar-refractivity contribution is 5.74. The number of likely N-dealkylation sites (tertiary alicyclic amines) is 2. The molecular formula is C13H25N3O. The molecule has 0 aliphatic carbocycles. The van der Waals surface area contributed by atoms with Gasteiger partial charge in [0.1, 0.15) is 0 Å². The van der Waals surface area contributed by atoms with Crippen molar-refractivity contribution in [1.29, 1.82) is 0 Å². The summed E-state index contributed by atoms with van der Waals surface area (Å²) in [5, 5.41) is 0. The lowest BCUT2D eigenvalue weighted by molar-refractivity contribution is 0.148. The minimum atomic E-state index is 0.226. The van der Waals surface area contributed by atoms with Crippen LogP contribution in [0.25, 0.3) is 0 Å². The van der Waals surface area contributed by atoms with Crippen molar-refractivity contribution in [2.45, 2.75) is 32.1 Å². The monoisotopic (exact) mass is 239 g/mol. The van der Waals surface area contributed by atoms with Gasteiger partial charge in [-0.15, -0.1) is 0 Å². The van der Waals surface area contributed by atoms with Crippen LogP contribution in [-0.2, 0) is 0 Å². The van der Waals surface area contributed by atoms with Gasteiger partial charge in [0.2, 0.25) is 0 Å². The molecule has 4 nitrogen and oxygen atoms in total. The zero-order chi connectivity index (χ0) is 12.1. The molecule has 2 saturated heterocycles. The van der Waals surface area contributed by atoms with Gasteiger partial charge in [0.15, 0.2) is 0 Å². The van der Waals surface area contributed by atoms with Gasteiger partial charge in [-0.05, 0) is 45.2 Å². The standard InChI is InChI=1S/C13H25N3O/c1-14(11-12-15-7-5-6-8-15)13(17)16-9-3-2-4-10-16/h2-12H2,1H3. The molecule has 0 spiro atoms. The highest BCUT2D eigenvalue weighted by atomic mass is 16.2. The fourth-order valence-corrected chi connectivity index (χ4v) is 2.72. The van der Waals surface area contributed by atoms with Gasteiger partial charge in [-0.25, -0.2) is 4.79 Å². The third-order valence-electron chi connectivity index (χ3n) is 3.90. The quantitative estimate of drug-likeness (QED) is 0.748. The Morgan fingerprint density at radius 3 is 2.24 bits per heavy atom. The van der Waals surface area contributed by atoms with Crippen LogP contribution in [0.4, 0.5) is 4.79 Å². The second kappa shape index (κ2) is 6.24. The van der Waals surface area contributed by atoms with Crippen molar-refractivity contribution in [3.05, 3.63) is 0 Å². The van der Waals surface area contributed by atoms with Crippen LogP contribution in [0.3, 0.4) is 0 Å². The van der Waals surface area contributed by atoms with Gasteiger partial charge >= 0.3 is 6.03 Å². The number of likely N-dealkylation sites (N-methyl/N-ethyl adjacent to an activating group) is 1. The third kappa shape index (κ3) is 3.60. The molecule has 2 amide bonds. The molecule has 0 atom stereocenters. The molecule has 0 aromatic carbocycles. The first-order chi connectivity index (χ1) is 8.27. The zero-order valence-corrected chi connectivity index (χ0v) is 11.0. The van der Waals surface area contributed by atoms with Gasteiger partial charge in [0.05, 0.1) is 0 Å². The van der Waals surface area contributed by atoms with E-state index >= 15 is 0 Å². The maximum atomic E-state index is 12.1. The lowest BCUT2D eigenvalue weighted by atomic mass is 10.1. The Balaban J connectivity index is 1.70. The smallest absolute Gasteiger partial charge is 0.319 e. The molecule has 98 valence electrons. The highest BCUT2D eigenvalue weighted by Gasteiger charge is 2.20. The van der Waals surface area contributed by atoms with Gasteiger partial charge < -0.3 is 14.7 Å². The topological polar surface area (TPSA) is 26.8 Å². The van der Waals surface area contributed by atoms with Crippen molar-refractivity contribution in [2.24, 2.45) is 0 Å². The summed E-state index contributed by atoms with van der Waals surface area (Å²) in [6.45, 7) is 6.24. The first-order valence-corrected chi connectivity index (χ1v) is 7.00. The fourth-order valence-electron chi connectivity index (χ4n) is 2.72. The van der Waals surface area contributed by atoms with Crippen molar-refractivity contribution < 1.29 is 4.79 Å². The molecule has 0 bridgehead atoms. The Hall–Kier alpha value is -0.770. The summed E-state index contributed by atoms with van der Waals surface area (Å²) in [6.07, 6.45) is 6.27. The average molecular weight is 239 g/mol. The number of nitrogens with zero attached hydrogens (tertiary/aromatic N) is 3. The fraction of sp³-hybridized carbons (Fsp3) is 0.923. The third-order valence-corrected chi connectivity index (χ3v) is 3.90. The number of urea groups is 1. The van der Waals surface area contributed by atoms with Crippen molar-refractivity contribution in [1.82, 2.24) is 14.7 Å². The molecule has 0 aromatic rings.